The summed E-state index contributed by atoms with van der Waals surface area (Å²) >= 11 is 1.63. The Morgan fingerprint density at radius 2 is 2.22 bits per heavy atom. The number of amides is 1. The number of aromatic nitrogens is 2. The van der Waals surface area contributed by atoms with Crippen molar-refractivity contribution in [2.45, 2.75) is 13.0 Å². The van der Waals surface area contributed by atoms with Gasteiger partial charge in [0.15, 0.2) is 0 Å². The van der Waals surface area contributed by atoms with E-state index in [1.54, 1.807) is 11.3 Å². The predicted molar refractivity (Wildman–Crippen MR) is 87.0 cm³/mol. The maximum absolute atomic E-state index is 13.3. The molecular weight excluding hydrogens is 317 g/mol. The van der Waals surface area contributed by atoms with Crippen LogP contribution in [0.15, 0.2) is 46.8 Å². The number of hydrogen-bond donors (Lipinski definition) is 1. The molecular formula is C16H14FN3O2S. The van der Waals surface area contributed by atoms with Crippen LogP contribution in [0.4, 0.5) is 4.39 Å². The monoisotopic (exact) mass is 331 g/mol. The summed E-state index contributed by atoms with van der Waals surface area (Å²) in [6.45, 7) is 0.368. The minimum absolute atomic E-state index is 0.136. The zero-order chi connectivity index (χ0) is 16.2. The highest BCUT2D eigenvalue weighted by atomic mass is 32.1. The van der Waals surface area contributed by atoms with Crippen LogP contribution in [0.5, 0.6) is 0 Å². The Balaban J connectivity index is 1.67. The van der Waals surface area contributed by atoms with Gasteiger partial charge in [-0.25, -0.2) is 9.37 Å². The van der Waals surface area contributed by atoms with Crippen LogP contribution in [-0.2, 0) is 17.8 Å². The lowest BCUT2D eigenvalue weighted by Crippen LogP contribution is -2.33. The van der Waals surface area contributed by atoms with Crippen molar-refractivity contribution < 1.29 is 9.18 Å². The third kappa shape index (κ3) is 3.62. The number of halogens is 1. The van der Waals surface area contributed by atoms with Crippen LogP contribution in [-0.4, -0.2) is 22.0 Å². The Labute approximate surface area is 135 Å². The number of rotatable bonds is 5. The van der Waals surface area contributed by atoms with E-state index in [1.807, 2.05) is 17.5 Å². The quantitative estimate of drug-likeness (QED) is 0.777. The number of benzene rings is 1. The average molecular weight is 331 g/mol. The topological polar surface area (TPSA) is 64.0 Å². The summed E-state index contributed by atoms with van der Waals surface area (Å²) in [6, 6.07) is 7.79. The van der Waals surface area contributed by atoms with E-state index in [9.17, 15) is 14.0 Å². The molecule has 3 rings (SSSR count). The number of nitrogens with zero attached hydrogens (tertiary/aromatic N) is 2. The first kappa shape index (κ1) is 15.4. The Kier molecular flexibility index (Phi) is 4.47. The fourth-order valence-corrected chi connectivity index (χ4v) is 2.94. The molecule has 118 valence electrons. The molecule has 0 aliphatic rings. The molecule has 23 heavy (non-hydrogen) atoms. The minimum Gasteiger partial charge on any atom is -0.354 e. The molecule has 0 saturated heterocycles. The van der Waals surface area contributed by atoms with Crippen molar-refractivity contribution in [3.05, 3.63) is 63.1 Å². The van der Waals surface area contributed by atoms with Crippen molar-refractivity contribution in [3.63, 3.8) is 0 Å². The van der Waals surface area contributed by atoms with Crippen LogP contribution >= 0.6 is 11.3 Å². The highest BCUT2D eigenvalue weighted by Crippen LogP contribution is 2.09. The van der Waals surface area contributed by atoms with Gasteiger partial charge in [-0.05, 0) is 36.1 Å². The largest absolute Gasteiger partial charge is 0.354 e. The second-order valence-electron chi connectivity index (χ2n) is 5.02. The van der Waals surface area contributed by atoms with E-state index < -0.39 is 11.4 Å². The molecule has 0 fully saturated rings. The molecule has 7 heteroatoms. The number of carbonyl (C=O) groups is 1. The van der Waals surface area contributed by atoms with E-state index in [2.05, 4.69) is 10.3 Å². The Bertz CT molecular complexity index is 890. The third-order valence-electron chi connectivity index (χ3n) is 3.37. The van der Waals surface area contributed by atoms with E-state index in [0.29, 0.717) is 12.1 Å². The maximum atomic E-state index is 13.3. The average Bonchev–Trinajstić information content (AvgIpc) is 3.04. The Morgan fingerprint density at radius 3 is 3.00 bits per heavy atom. The molecule has 0 saturated carbocycles. The van der Waals surface area contributed by atoms with Crippen LogP contribution in [0.2, 0.25) is 0 Å². The summed E-state index contributed by atoms with van der Waals surface area (Å²) in [5.74, 6) is -0.782. The summed E-state index contributed by atoms with van der Waals surface area (Å²) in [7, 11) is 0. The molecule has 2 aromatic heterocycles. The minimum atomic E-state index is -0.505. The van der Waals surface area contributed by atoms with Crippen LogP contribution in [0.3, 0.4) is 0 Å². The molecule has 0 aliphatic heterocycles. The van der Waals surface area contributed by atoms with Gasteiger partial charge in [0, 0.05) is 11.4 Å². The maximum Gasteiger partial charge on any atom is 0.261 e. The zero-order valence-electron chi connectivity index (χ0n) is 12.2. The SMILES string of the molecule is O=C(Cn1cnc2ccc(F)cc2c1=O)NCCc1cccs1. The first-order chi connectivity index (χ1) is 11.1. The van der Waals surface area contributed by atoms with E-state index in [1.165, 1.54) is 27.9 Å². The molecule has 0 spiro atoms. The molecule has 2 heterocycles. The van der Waals surface area contributed by atoms with Crippen LogP contribution in [0.1, 0.15) is 4.88 Å². The molecule has 5 nitrogen and oxygen atoms in total. The van der Waals surface area contributed by atoms with Crippen LogP contribution < -0.4 is 10.9 Å². The molecule has 1 aromatic carbocycles. The number of fused-ring (bicyclic) bond motifs is 1. The number of carbonyl (C=O) groups excluding carboxylic acids is 1. The molecule has 0 radical (unpaired) electrons. The van der Waals surface area contributed by atoms with Gasteiger partial charge in [0.1, 0.15) is 12.4 Å². The summed E-state index contributed by atoms with van der Waals surface area (Å²) in [6.07, 6.45) is 2.06. The highest BCUT2D eigenvalue weighted by Gasteiger charge is 2.08. The molecule has 1 amide bonds. The molecule has 3 aromatic rings. The second-order valence-corrected chi connectivity index (χ2v) is 6.05. The van der Waals surface area contributed by atoms with Crippen molar-refractivity contribution in [2.24, 2.45) is 0 Å². The van der Waals surface area contributed by atoms with Crippen molar-refractivity contribution in [1.29, 1.82) is 0 Å². The zero-order valence-corrected chi connectivity index (χ0v) is 13.0. The number of nitrogens with one attached hydrogen (secondary N) is 1. The van der Waals surface area contributed by atoms with Gasteiger partial charge in [0.05, 0.1) is 17.2 Å². The van der Waals surface area contributed by atoms with Gasteiger partial charge in [-0.15, -0.1) is 11.3 Å². The van der Waals surface area contributed by atoms with Crippen molar-refractivity contribution in [3.8, 4) is 0 Å². The van der Waals surface area contributed by atoms with Gasteiger partial charge in [-0.2, -0.15) is 0 Å². The van der Waals surface area contributed by atoms with Crippen LogP contribution in [0, 0.1) is 5.82 Å². The van der Waals surface area contributed by atoms with Crippen LogP contribution in [0.25, 0.3) is 10.9 Å². The van der Waals surface area contributed by atoms with Crippen molar-refractivity contribution in [1.82, 2.24) is 14.9 Å². The lowest BCUT2D eigenvalue weighted by Gasteiger charge is -2.07. The van der Waals surface area contributed by atoms with E-state index in [4.69, 9.17) is 0 Å². The number of hydrogen-bond acceptors (Lipinski definition) is 4. The first-order valence-corrected chi connectivity index (χ1v) is 7.95. The summed E-state index contributed by atoms with van der Waals surface area (Å²) < 4.78 is 14.4. The fourth-order valence-electron chi connectivity index (χ4n) is 2.23. The smallest absolute Gasteiger partial charge is 0.261 e. The molecule has 0 aliphatic carbocycles. The summed E-state index contributed by atoms with van der Waals surface area (Å²) in [4.78, 5) is 29.4. The molecule has 0 bridgehead atoms. The third-order valence-corrected chi connectivity index (χ3v) is 4.31. The second kappa shape index (κ2) is 6.70. The van der Waals surface area contributed by atoms with Gasteiger partial charge in [-0.3, -0.25) is 14.2 Å². The van der Waals surface area contributed by atoms with Crippen molar-refractivity contribution >= 4 is 28.1 Å². The molecule has 0 unspecified atom stereocenters. The standard InChI is InChI=1S/C16H14FN3O2S/c17-11-3-4-14-13(8-11)16(22)20(10-19-14)9-15(21)18-6-5-12-2-1-7-23-12/h1-4,7-8,10H,5-6,9H2,(H,18,21). The van der Waals surface area contributed by atoms with Crippen molar-refractivity contribution in [2.75, 3.05) is 6.54 Å². The van der Waals surface area contributed by atoms with Gasteiger partial charge >= 0.3 is 0 Å². The van der Waals surface area contributed by atoms with E-state index in [-0.39, 0.29) is 17.8 Å². The lowest BCUT2D eigenvalue weighted by molar-refractivity contribution is -0.121. The predicted octanol–water partition coefficient (Wildman–Crippen LogP) is 1.96. The Hall–Kier alpha value is -2.54. The number of thiophene rings is 1. The van der Waals surface area contributed by atoms with E-state index >= 15 is 0 Å². The molecule has 1 N–H and O–H groups in total. The molecule has 0 atom stereocenters. The normalized spacial score (nSPS) is 10.8. The summed E-state index contributed by atoms with van der Waals surface area (Å²) in [5, 5.41) is 4.91. The highest BCUT2D eigenvalue weighted by molar-refractivity contribution is 7.09. The van der Waals surface area contributed by atoms with Gasteiger partial charge < -0.3 is 5.32 Å². The van der Waals surface area contributed by atoms with Gasteiger partial charge in [0.25, 0.3) is 5.56 Å². The lowest BCUT2D eigenvalue weighted by atomic mass is 10.2. The summed E-state index contributed by atoms with van der Waals surface area (Å²) in [5.41, 5.74) is -0.0198. The fraction of sp³-hybridized carbons (Fsp3) is 0.188. The van der Waals surface area contributed by atoms with Gasteiger partial charge in [-0.1, -0.05) is 6.07 Å². The van der Waals surface area contributed by atoms with Gasteiger partial charge in [0.2, 0.25) is 5.91 Å². The Morgan fingerprint density at radius 1 is 1.35 bits per heavy atom. The first-order valence-electron chi connectivity index (χ1n) is 7.07. The van der Waals surface area contributed by atoms with E-state index in [0.717, 1.165) is 12.5 Å².